The van der Waals surface area contributed by atoms with Crippen LogP contribution in [0.25, 0.3) is 16.9 Å². The Hall–Kier alpha value is -2.89. The predicted molar refractivity (Wildman–Crippen MR) is 88.4 cm³/mol. The minimum absolute atomic E-state index is 0.361. The predicted octanol–water partition coefficient (Wildman–Crippen LogP) is 2.10. The zero-order chi connectivity index (χ0) is 15.8. The van der Waals surface area contributed by atoms with E-state index in [-0.39, 0.29) is 0 Å². The van der Waals surface area contributed by atoms with Crippen LogP contribution in [0.15, 0.2) is 42.5 Å². The number of fused-ring (bicyclic) bond motifs is 1. The van der Waals surface area contributed by atoms with Gasteiger partial charge in [0.1, 0.15) is 0 Å². The molecule has 1 fully saturated rings. The molecule has 0 bridgehead atoms. The summed E-state index contributed by atoms with van der Waals surface area (Å²) in [6.45, 7) is 1.80. The van der Waals surface area contributed by atoms with E-state index in [0.717, 1.165) is 37.2 Å². The third-order valence-corrected chi connectivity index (χ3v) is 4.17. The fourth-order valence-corrected chi connectivity index (χ4v) is 3.05. The van der Waals surface area contributed by atoms with E-state index in [2.05, 4.69) is 15.0 Å². The van der Waals surface area contributed by atoms with Gasteiger partial charge in [0.15, 0.2) is 17.2 Å². The standard InChI is InChI=1S/C17H17N5O/c18-16(23)15-17(21-10-4-5-11-21)19-14-9-8-13(20-22(14)15)12-6-2-1-3-7-12/h1-3,6-9H,4-5,10-11H2,(H2,18,23). The Morgan fingerprint density at radius 2 is 1.78 bits per heavy atom. The van der Waals surface area contributed by atoms with Crippen LogP contribution >= 0.6 is 0 Å². The minimum atomic E-state index is -0.503. The molecule has 0 spiro atoms. The number of imidazole rings is 1. The molecule has 2 N–H and O–H groups in total. The molecule has 0 unspecified atom stereocenters. The summed E-state index contributed by atoms with van der Waals surface area (Å²) in [4.78, 5) is 18.7. The van der Waals surface area contributed by atoms with Gasteiger partial charge < -0.3 is 10.6 Å². The Labute approximate surface area is 133 Å². The first-order valence-corrected chi connectivity index (χ1v) is 7.74. The molecule has 23 heavy (non-hydrogen) atoms. The summed E-state index contributed by atoms with van der Waals surface area (Å²) in [7, 11) is 0. The molecule has 116 valence electrons. The number of carbonyl (C=O) groups excluding carboxylic acids is 1. The molecular weight excluding hydrogens is 290 g/mol. The number of amides is 1. The molecule has 6 heteroatoms. The van der Waals surface area contributed by atoms with Gasteiger partial charge in [-0.15, -0.1) is 0 Å². The van der Waals surface area contributed by atoms with Crippen LogP contribution in [0.2, 0.25) is 0 Å². The number of benzene rings is 1. The molecule has 2 aromatic heterocycles. The third kappa shape index (κ3) is 2.32. The monoisotopic (exact) mass is 307 g/mol. The van der Waals surface area contributed by atoms with E-state index < -0.39 is 5.91 Å². The van der Waals surface area contributed by atoms with Crippen molar-refractivity contribution in [1.82, 2.24) is 14.6 Å². The van der Waals surface area contributed by atoms with E-state index in [1.165, 1.54) is 0 Å². The summed E-state index contributed by atoms with van der Waals surface area (Å²) in [6.07, 6.45) is 2.21. The van der Waals surface area contributed by atoms with Crippen LogP contribution in [-0.2, 0) is 0 Å². The Morgan fingerprint density at radius 3 is 2.48 bits per heavy atom. The third-order valence-electron chi connectivity index (χ3n) is 4.17. The number of rotatable bonds is 3. The van der Waals surface area contributed by atoms with Gasteiger partial charge in [0, 0.05) is 18.7 Å². The van der Waals surface area contributed by atoms with E-state index in [9.17, 15) is 4.79 Å². The topological polar surface area (TPSA) is 76.5 Å². The molecule has 3 heterocycles. The normalized spacial score (nSPS) is 14.5. The number of carbonyl (C=O) groups is 1. The molecule has 1 aliphatic rings. The van der Waals surface area contributed by atoms with E-state index in [0.29, 0.717) is 17.2 Å². The Bertz CT molecular complexity index is 865. The van der Waals surface area contributed by atoms with Crippen molar-refractivity contribution in [3.05, 3.63) is 48.2 Å². The average molecular weight is 307 g/mol. The maximum atomic E-state index is 12.0. The zero-order valence-electron chi connectivity index (χ0n) is 12.6. The number of anilines is 1. The molecule has 6 nitrogen and oxygen atoms in total. The maximum absolute atomic E-state index is 12.0. The SMILES string of the molecule is NC(=O)c1c(N2CCCC2)nc2ccc(-c3ccccc3)nn12. The van der Waals surface area contributed by atoms with E-state index in [1.54, 1.807) is 4.52 Å². The van der Waals surface area contributed by atoms with Crippen molar-refractivity contribution in [1.29, 1.82) is 0 Å². The molecule has 1 amide bonds. The Balaban J connectivity index is 1.90. The van der Waals surface area contributed by atoms with E-state index >= 15 is 0 Å². The quantitative estimate of drug-likeness (QED) is 0.804. The van der Waals surface area contributed by atoms with Gasteiger partial charge in [-0.3, -0.25) is 4.79 Å². The molecule has 0 atom stereocenters. The van der Waals surface area contributed by atoms with Crippen molar-refractivity contribution < 1.29 is 4.79 Å². The number of hydrogen-bond acceptors (Lipinski definition) is 4. The summed E-state index contributed by atoms with van der Waals surface area (Å²) in [5.41, 5.74) is 8.39. The number of nitrogens with zero attached hydrogens (tertiary/aromatic N) is 4. The minimum Gasteiger partial charge on any atom is -0.364 e. The van der Waals surface area contributed by atoms with Crippen LogP contribution in [0.5, 0.6) is 0 Å². The lowest BCUT2D eigenvalue weighted by atomic mass is 10.1. The van der Waals surface area contributed by atoms with Gasteiger partial charge in [-0.25, -0.2) is 9.50 Å². The second kappa shape index (κ2) is 5.39. The fraction of sp³-hybridized carbons (Fsp3) is 0.235. The van der Waals surface area contributed by atoms with Crippen molar-refractivity contribution >= 4 is 17.4 Å². The zero-order valence-corrected chi connectivity index (χ0v) is 12.6. The summed E-state index contributed by atoms with van der Waals surface area (Å²) >= 11 is 0. The van der Waals surface area contributed by atoms with Gasteiger partial charge in [0.05, 0.1) is 5.69 Å². The first-order valence-electron chi connectivity index (χ1n) is 7.74. The van der Waals surface area contributed by atoms with Crippen LogP contribution < -0.4 is 10.6 Å². The first-order chi connectivity index (χ1) is 11.2. The first kappa shape index (κ1) is 13.8. The van der Waals surface area contributed by atoms with Crippen molar-refractivity contribution in [3.8, 4) is 11.3 Å². The largest absolute Gasteiger partial charge is 0.364 e. The average Bonchev–Trinajstić information content (AvgIpc) is 3.22. The molecule has 4 rings (SSSR count). The van der Waals surface area contributed by atoms with Crippen LogP contribution in [0.3, 0.4) is 0 Å². The summed E-state index contributed by atoms with van der Waals surface area (Å²) in [5.74, 6) is 0.143. The van der Waals surface area contributed by atoms with Crippen LogP contribution in [0, 0.1) is 0 Å². The number of primary amides is 1. The number of hydrogen-bond donors (Lipinski definition) is 1. The van der Waals surface area contributed by atoms with Crippen molar-refractivity contribution in [2.45, 2.75) is 12.8 Å². The van der Waals surface area contributed by atoms with Crippen LogP contribution in [0.1, 0.15) is 23.3 Å². The molecule has 1 aromatic carbocycles. The summed E-state index contributed by atoms with van der Waals surface area (Å²) < 4.78 is 1.57. The lowest BCUT2D eigenvalue weighted by Crippen LogP contribution is -2.24. The molecule has 3 aromatic rings. The Kier molecular flexibility index (Phi) is 3.22. The van der Waals surface area contributed by atoms with Gasteiger partial charge >= 0.3 is 0 Å². The highest BCUT2D eigenvalue weighted by Gasteiger charge is 2.25. The maximum Gasteiger partial charge on any atom is 0.271 e. The van der Waals surface area contributed by atoms with E-state index in [4.69, 9.17) is 5.73 Å². The van der Waals surface area contributed by atoms with Crippen molar-refractivity contribution in [2.75, 3.05) is 18.0 Å². The summed E-state index contributed by atoms with van der Waals surface area (Å²) in [5, 5.41) is 4.59. The highest BCUT2D eigenvalue weighted by molar-refractivity contribution is 5.97. The van der Waals surface area contributed by atoms with Crippen molar-refractivity contribution in [2.24, 2.45) is 5.73 Å². The van der Waals surface area contributed by atoms with Gasteiger partial charge in [-0.05, 0) is 25.0 Å². The smallest absolute Gasteiger partial charge is 0.271 e. The lowest BCUT2D eigenvalue weighted by molar-refractivity contribution is 0.0994. The number of nitrogens with two attached hydrogens (primary N) is 1. The molecular formula is C17H17N5O. The summed E-state index contributed by atoms with van der Waals surface area (Å²) in [6, 6.07) is 13.6. The molecule has 0 aliphatic carbocycles. The van der Waals surface area contributed by atoms with E-state index in [1.807, 2.05) is 42.5 Å². The van der Waals surface area contributed by atoms with Gasteiger partial charge in [-0.2, -0.15) is 5.10 Å². The molecule has 0 saturated carbocycles. The Morgan fingerprint density at radius 1 is 1.04 bits per heavy atom. The van der Waals surface area contributed by atoms with Gasteiger partial charge in [0.2, 0.25) is 0 Å². The lowest BCUT2D eigenvalue weighted by Gasteiger charge is -2.14. The van der Waals surface area contributed by atoms with Crippen molar-refractivity contribution in [3.63, 3.8) is 0 Å². The molecule has 1 saturated heterocycles. The van der Waals surface area contributed by atoms with Gasteiger partial charge in [0.25, 0.3) is 5.91 Å². The highest BCUT2D eigenvalue weighted by atomic mass is 16.1. The van der Waals surface area contributed by atoms with Crippen LogP contribution in [-0.4, -0.2) is 33.6 Å². The fourth-order valence-electron chi connectivity index (χ4n) is 3.05. The second-order valence-corrected chi connectivity index (χ2v) is 5.70. The number of aromatic nitrogens is 3. The molecule has 0 radical (unpaired) electrons. The van der Waals surface area contributed by atoms with Gasteiger partial charge in [-0.1, -0.05) is 30.3 Å². The second-order valence-electron chi connectivity index (χ2n) is 5.70. The van der Waals surface area contributed by atoms with Crippen LogP contribution in [0.4, 0.5) is 5.82 Å². The molecule has 1 aliphatic heterocycles. The highest BCUT2D eigenvalue weighted by Crippen LogP contribution is 2.26.